The van der Waals surface area contributed by atoms with Gasteiger partial charge < -0.3 is 11.5 Å². The van der Waals surface area contributed by atoms with Crippen molar-refractivity contribution >= 4 is 33.4 Å². The monoisotopic (exact) mass is 317 g/mol. The molecule has 0 fully saturated rings. The Morgan fingerprint density at radius 3 is 2.75 bits per heavy atom. The first-order chi connectivity index (χ1) is 11.6. The van der Waals surface area contributed by atoms with Crippen LogP contribution in [0.1, 0.15) is 16.1 Å². The molecule has 2 heterocycles. The molecule has 1 amide bonds. The SMILES string of the molecule is Cc1c(N)cc2[nH]ncc2c1-c1cc(C(N)=O)nc2ccccc12. The van der Waals surface area contributed by atoms with Crippen molar-refractivity contribution in [1.29, 1.82) is 0 Å². The number of hydrogen-bond acceptors (Lipinski definition) is 4. The Labute approximate surface area is 137 Å². The topological polar surface area (TPSA) is 111 Å². The van der Waals surface area contributed by atoms with E-state index in [2.05, 4.69) is 15.2 Å². The number of nitrogen functional groups attached to an aromatic ring is 1. The van der Waals surface area contributed by atoms with Crippen LogP contribution in [0, 0.1) is 6.92 Å². The van der Waals surface area contributed by atoms with Gasteiger partial charge in [-0.25, -0.2) is 4.98 Å². The number of para-hydroxylation sites is 1. The summed E-state index contributed by atoms with van der Waals surface area (Å²) in [6.45, 7) is 1.95. The molecule has 4 rings (SSSR count). The fraction of sp³-hybridized carbons (Fsp3) is 0.0556. The van der Waals surface area contributed by atoms with Crippen molar-refractivity contribution in [2.45, 2.75) is 6.92 Å². The van der Waals surface area contributed by atoms with Crippen LogP contribution in [0.25, 0.3) is 32.9 Å². The number of rotatable bonds is 2. The largest absolute Gasteiger partial charge is 0.398 e. The van der Waals surface area contributed by atoms with Crippen molar-refractivity contribution < 1.29 is 4.79 Å². The van der Waals surface area contributed by atoms with Gasteiger partial charge in [-0.1, -0.05) is 18.2 Å². The van der Waals surface area contributed by atoms with Crippen molar-refractivity contribution in [3.8, 4) is 11.1 Å². The second kappa shape index (κ2) is 5.06. The summed E-state index contributed by atoms with van der Waals surface area (Å²) in [6, 6.07) is 11.2. The molecule has 0 saturated heterocycles. The van der Waals surface area contributed by atoms with Crippen LogP contribution in [0.2, 0.25) is 0 Å². The predicted molar refractivity (Wildman–Crippen MR) is 94.5 cm³/mol. The summed E-state index contributed by atoms with van der Waals surface area (Å²) >= 11 is 0. The number of pyridine rings is 1. The molecule has 24 heavy (non-hydrogen) atoms. The average molecular weight is 317 g/mol. The summed E-state index contributed by atoms with van der Waals surface area (Å²) in [6.07, 6.45) is 1.76. The Morgan fingerprint density at radius 2 is 1.96 bits per heavy atom. The summed E-state index contributed by atoms with van der Waals surface area (Å²) in [5.41, 5.74) is 16.8. The lowest BCUT2D eigenvalue weighted by Crippen LogP contribution is -2.13. The lowest BCUT2D eigenvalue weighted by Gasteiger charge is -2.14. The van der Waals surface area contributed by atoms with E-state index in [-0.39, 0.29) is 5.69 Å². The molecule has 0 spiro atoms. The van der Waals surface area contributed by atoms with Gasteiger partial charge in [0.15, 0.2) is 0 Å². The zero-order valence-corrected chi connectivity index (χ0v) is 13.0. The number of nitrogens with one attached hydrogen (secondary N) is 1. The molecule has 2 aromatic carbocycles. The zero-order chi connectivity index (χ0) is 16.8. The number of carbonyl (C=O) groups excluding carboxylic acids is 1. The smallest absolute Gasteiger partial charge is 0.267 e. The van der Waals surface area contributed by atoms with Gasteiger partial charge in [-0.3, -0.25) is 9.89 Å². The van der Waals surface area contributed by atoms with Gasteiger partial charge >= 0.3 is 0 Å². The Balaban J connectivity index is 2.20. The van der Waals surface area contributed by atoms with E-state index in [0.717, 1.165) is 33.0 Å². The lowest BCUT2D eigenvalue weighted by atomic mass is 9.92. The predicted octanol–water partition coefficient (Wildman–Crippen LogP) is 2.77. The van der Waals surface area contributed by atoms with E-state index in [1.807, 2.05) is 37.3 Å². The van der Waals surface area contributed by atoms with Crippen molar-refractivity contribution in [2.24, 2.45) is 5.73 Å². The summed E-state index contributed by atoms with van der Waals surface area (Å²) in [7, 11) is 0. The van der Waals surface area contributed by atoms with Gasteiger partial charge in [-0.15, -0.1) is 0 Å². The van der Waals surface area contributed by atoms with Crippen LogP contribution in [0.3, 0.4) is 0 Å². The number of fused-ring (bicyclic) bond motifs is 2. The third-order valence-corrected chi connectivity index (χ3v) is 4.28. The summed E-state index contributed by atoms with van der Waals surface area (Å²) in [5.74, 6) is -0.563. The standard InChI is InChI=1S/C18H15N5O/c1-9-13(19)7-15-12(8-21-23-15)17(9)11-6-16(18(20)24)22-14-5-3-2-4-10(11)14/h2-8H,19H2,1H3,(H2,20,24)(H,21,23). The van der Waals surface area contributed by atoms with Crippen LogP contribution in [-0.2, 0) is 0 Å². The Kier molecular flexibility index (Phi) is 2.99. The van der Waals surface area contributed by atoms with Gasteiger partial charge in [0.1, 0.15) is 5.69 Å². The molecular weight excluding hydrogens is 302 g/mol. The van der Waals surface area contributed by atoms with Crippen LogP contribution in [0.4, 0.5) is 5.69 Å². The maximum atomic E-state index is 11.7. The molecule has 0 saturated carbocycles. The molecule has 2 aromatic heterocycles. The first-order valence-electron chi connectivity index (χ1n) is 7.48. The number of nitrogens with two attached hydrogens (primary N) is 2. The number of aromatic nitrogens is 3. The molecule has 4 aromatic rings. The normalized spacial score (nSPS) is 11.2. The Bertz CT molecular complexity index is 1110. The molecule has 5 N–H and O–H groups in total. The summed E-state index contributed by atoms with van der Waals surface area (Å²) < 4.78 is 0. The molecule has 0 aliphatic carbocycles. The van der Waals surface area contributed by atoms with Crippen LogP contribution >= 0.6 is 0 Å². The van der Waals surface area contributed by atoms with E-state index < -0.39 is 5.91 Å². The third kappa shape index (κ3) is 2.00. The van der Waals surface area contributed by atoms with Gasteiger partial charge in [0.2, 0.25) is 0 Å². The highest BCUT2D eigenvalue weighted by atomic mass is 16.1. The summed E-state index contributed by atoms with van der Waals surface area (Å²) in [5, 5.41) is 8.93. The second-order valence-electron chi connectivity index (χ2n) is 5.73. The molecule has 0 aliphatic heterocycles. The molecule has 6 heteroatoms. The minimum Gasteiger partial charge on any atom is -0.398 e. The quantitative estimate of drug-likeness (QED) is 0.494. The first-order valence-corrected chi connectivity index (χ1v) is 7.48. The number of H-pyrrole nitrogens is 1. The summed E-state index contributed by atoms with van der Waals surface area (Å²) in [4.78, 5) is 16.1. The molecule has 0 aliphatic rings. The highest BCUT2D eigenvalue weighted by Gasteiger charge is 2.17. The zero-order valence-electron chi connectivity index (χ0n) is 13.0. The molecule has 0 unspecified atom stereocenters. The van der Waals surface area contributed by atoms with Gasteiger partial charge in [-0.2, -0.15) is 5.10 Å². The molecule has 6 nitrogen and oxygen atoms in total. The van der Waals surface area contributed by atoms with E-state index in [4.69, 9.17) is 11.5 Å². The Morgan fingerprint density at radius 1 is 1.17 bits per heavy atom. The second-order valence-corrected chi connectivity index (χ2v) is 5.73. The molecule has 0 radical (unpaired) electrons. The number of carbonyl (C=O) groups is 1. The van der Waals surface area contributed by atoms with E-state index in [1.165, 1.54) is 0 Å². The number of anilines is 1. The Hall–Kier alpha value is -3.41. The highest BCUT2D eigenvalue weighted by molar-refractivity contribution is 6.08. The molecule has 118 valence electrons. The van der Waals surface area contributed by atoms with Crippen LogP contribution < -0.4 is 11.5 Å². The number of nitrogens with zero attached hydrogens (tertiary/aromatic N) is 2. The fourth-order valence-electron chi connectivity index (χ4n) is 3.07. The minimum atomic E-state index is -0.563. The van der Waals surface area contributed by atoms with Gasteiger partial charge in [0.25, 0.3) is 5.91 Å². The van der Waals surface area contributed by atoms with Crippen molar-refractivity contribution in [2.75, 3.05) is 5.73 Å². The number of aromatic amines is 1. The van der Waals surface area contributed by atoms with E-state index in [9.17, 15) is 4.79 Å². The highest BCUT2D eigenvalue weighted by Crippen LogP contribution is 2.38. The van der Waals surface area contributed by atoms with Crippen molar-refractivity contribution in [3.05, 3.63) is 53.9 Å². The molecule has 0 bridgehead atoms. The number of benzene rings is 2. The third-order valence-electron chi connectivity index (χ3n) is 4.28. The molecule has 0 atom stereocenters. The number of primary amides is 1. The van der Waals surface area contributed by atoms with Crippen molar-refractivity contribution in [1.82, 2.24) is 15.2 Å². The average Bonchev–Trinajstić information content (AvgIpc) is 3.02. The molecular formula is C18H15N5O. The first kappa shape index (κ1) is 14.2. The van der Waals surface area contributed by atoms with Gasteiger partial charge in [0, 0.05) is 16.5 Å². The van der Waals surface area contributed by atoms with Crippen LogP contribution in [-0.4, -0.2) is 21.1 Å². The minimum absolute atomic E-state index is 0.224. The van der Waals surface area contributed by atoms with Gasteiger partial charge in [-0.05, 0) is 41.8 Å². The van der Waals surface area contributed by atoms with Crippen molar-refractivity contribution in [3.63, 3.8) is 0 Å². The number of amides is 1. The van der Waals surface area contributed by atoms with E-state index in [0.29, 0.717) is 11.2 Å². The van der Waals surface area contributed by atoms with E-state index >= 15 is 0 Å². The lowest BCUT2D eigenvalue weighted by molar-refractivity contribution is 0.0996. The van der Waals surface area contributed by atoms with Crippen LogP contribution in [0.15, 0.2) is 42.6 Å². The fourth-order valence-corrected chi connectivity index (χ4v) is 3.07. The number of hydrogen-bond donors (Lipinski definition) is 3. The maximum Gasteiger partial charge on any atom is 0.267 e. The van der Waals surface area contributed by atoms with Gasteiger partial charge in [0.05, 0.1) is 17.2 Å². The van der Waals surface area contributed by atoms with E-state index in [1.54, 1.807) is 12.3 Å². The maximum absolute atomic E-state index is 11.7. The van der Waals surface area contributed by atoms with Crippen LogP contribution in [0.5, 0.6) is 0 Å².